The minimum absolute atomic E-state index is 0.671. The average Bonchev–Trinajstić information content (AvgIpc) is 2.95. The maximum atomic E-state index is 5.45. The quantitative estimate of drug-likeness (QED) is 0.809. The number of ether oxygens (including phenoxy) is 1. The zero-order chi connectivity index (χ0) is 11.7. The molecular weight excluding hydrogens is 212 g/mol. The van der Waals surface area contributed by atoms with Crippen LogP contribution in [0.25, 0.3) is 0 Å². The molecule has 0 spiro atoms. The van der Waals surface area contributed by atoms with Gasteiger partial charge in [0.05, 0.1) is 0 Å². The molecule has 0 aromatic heterocycles. The van der Waals surface area contributed by atoms with Crippen LogP contribution in [-0.2, 0) is 4.74 Å². The van der Waals surface area contributed by atoms with Crippen LogP contribution >= 0.6 is 0 Å². The predicted octanol–water partition coefficient (Wildman–Crippen LogP) is 1.63. The monoisotopic (exact) mass is 238 g/mol. The SMILES string of the molecule is CC(NC1CCN2CCCC12)C1CCOCC1. The molecule has 0 aromatic rings. The molecule has 17 heavy (non-hydrogen) atoms. The Morgan fingerprint density at radius 3 is 2.76 bits per heavy atom. The van der Waals surface area contributed by atoms with Crippen LogP contribution in [0, 0.1) is 5.92 Å². The van der Waals surface area contributed by atoms with E-state index in [0.29, 0.717) is 6.04 Å². The topological polar surface area (TPSA) is 24.5 Å². The van der Waals surface area contributed by atoms with Gasteiger partial charge in [-0.15, -0.1) is 0 Å². The summed E-state index contributed by atoms with van der Waals surface area (Å²) in [6.07, 6.45) is 6.68. The van der Waals surface area contributed by atoms with Crippen LogP contribution in [0.1, 0.15) is 39.0 Å². The van der Waals surface area contributed by atoms with Crippen molar-refractivity contribution in [2.45, 2.75) is 57.2 Å². The van der Waals surface area contributed by atoms with Gasteiger partial charge >= 0.3 is 0 Å². The van der Waals surface area contributed by atoms with Crippen molar-refractivity contribution < 1.29 is 4.74 Å². The lowest BCUT2D eigenvalue weighted by Crippen LogP contribution is -2.47. The zero-order valence-electron chi connectivity index (χ0n) is 11.0. The van der Waals surface area contributed by atoms with Gasteiger partial charge in [-0.2, -0.15) is 0 Å². The van der Waals surface area contributed by atoms with Gasteiger partial charge in [-0.25, -0.2) is 0 Å². The molecule has 3 saturated heterocycles. The third-order valence-corrected chi connectivity index (χ3v) is 5.06. The van der Waals surface area contributed by atoms with Gasteiger partial charge in [-0.3, -0.25) is 4.90 Å². The van der Waals surface area contributed by atoms with E-state index in [1.807, 2.05) is 0 Å². The van der Waals surface area contributed by atoms with Gasteiger partial charge in [0, 0.05) is 37.9 Å². The average molecular weight is 238 g/mol. The number of hydrogen-bond donors (Lipinski definition) is 1. The summed E-state index contributed by atoms with van der Waals surface area (Å²) in [6, 6.07) is 2.28. The van der Waals surface area contributed by atoms with Gasteiger partial charge in [0.1, 0.15) is 0 Å². The summed E-state index contributed by atoms with van der Waals surface area (Å²) in [5, 5.41) is 3.92. The Bertz CT molecular complexity index is 253. The van der Waals surface area contributed by atoms with Crippen molar-refractivity contribution in [3.63, 3.8) is 0 Å². The largest absolute Gasteiger partial charge is 0.381 e. The van der Waals surface area contributed by atoms with Gasteiger partial charge in [-0.1, -0.05) is 0 Å². The van der Waals surface area contributed by atoms with Crippen molar-refractivity contribution in [3.8, 4) is 0 Å². The van der Waals surface area contributed by atoms with E-state index in [2.05, 4.69) is 17.1 Å². The van der Waals surface area contributed by atoms with E-state index in [1.54, 1.807) is 0 Å². The second-order valence-corrected chi connectivity index (χ2v) is 6.05. The molecule has 0 aliphatic carbocycles. The van der Waals surface area contributed by atoms with Gasteiger partial charge in [0.25, 0.3) is 0 Å². The number of rotatable bonds is 3. The van der Waals surface area contributed by atoms with E-state index in [4.69, 9.17) is 4.74 Å². The van der Waals surface area contributed by atoms with E-state index < -0.39 is 0 Å². The van der Waals surface area contributed by atoms with Crippen LogP contribution in [0.15, 0.2) is 0 Å². The lowest BCUT2D eigenvalue weighted by Gasteiger charge is -2.32. The van der Waals surface area contributed by atoms with Crippen molar-refractivity contribution >= 4 is 0 Å². The van der Waals surface area contributed by atoms with E-state index in [-0.39, 0.29) is 0 Å². The normalized spacial score (nSPS) is 37.2. The smallest absolute Gasteiger partial charge is 0.0469 e. The molecule has 3 unspecified atom stereocenters. The molecule has 3 nitrogen and oxygen atoms in total. The van der Waals surface area contributed by atoms with E-state index >= 15 is 0 Å². The fourth-order valence-corrected chi connectivity index (χ4v) is 3.97. The lowest BCUT2D eigenvalue weighted by molar-refractivity contribution is 0.0538. The molecule has 1 N–H and O–H groups in total. The maximum Gasteiger partial charge on any atom is 0.0469 e. The molecule has 3 atom stereocenters. The summed E-state index contributed by atoms with van der Waals surface area (Å²) in [6.45, 7) is 6.98. The van der Waals surface area contributed by atoms with Crippen LogP contribution in [-0.4, -0.2) is 49.3 Å². The van der Waals surface area contributed by atoms with Gasteiger partial charge < -0.3 is 10.1 Å². The fraction of sp³-hybridized carbons (Fsp3) is 1.00. The Hall–Kier alpha value is -0.120. The summed E-state index contributed by atoms with van der Waals surface area (Å²) >= 11 is 0. The molecule has 0 saturated carbocycles. The van der Waals surface area contributed by atoms with Crippen LogP contribution in [0.2, 0.25) is 0 Å². The second kappa shape index (κ2) is 5.25. The van der Waals surface area contributed by atoms with Gasteiger partial charge in [0.15, 0.2) is 0 Å². The van der Waals surface area contributed by atoms with Crippen LogP contribution in [0.4, 0.5) is 0 Å². The Morgan fingerprint density at radius 2 is 1.94 bits per heavy atom. The molecule has 3 aliphatic heterocycles. The van der Waals surface area contributed by atoms with Crippen LogP contribution in [0.5, 0.6) is 0 Å². The summed E-state index contributed by atoms with van der Waals surface area (Å²) in [4.78, 5) is 2.69. The van der Waals surface area contributed by atoms with E-state index in [0.717, 1.165) is 31.2 Å². The Labute approximate surface area is 105 Å². The Balaban J connectivity index is 1.52. The number of nitrogens with one attached hydrogen (secondary N) is 1. The molecule has 0 bridgehead atoms. The molecule has 0 amide bonds. The minimum atomic E-state index is 0.671. The first kappa shape index (κ1) is 11.9. The number of hydrogen-bond acceptors (Lipinski definition) is 3. The highest BCUT2D eigenvalue weighted by atomic mass is 16.5. The summed E-state index contributed by atoms with van der Waals surface area (Å²) in [5.74, 6) is 0.833. The first-order valence-corrected chi connectivity index (χ1v) is 7.42. The highest BCUT2D eigenvalue weighted by molar-refractivity contribution is 4.97. The molecule has 3 heterocycles. The molecule has 3 heteroatoms. The van der Waals surface area contributed by atoms with Crippen LogP contribution in [0.3, 0.4) is 0 Å². The minimum Gasteiger partial charge on any atom is -0.381 e. The summed E-state index contributed by atoms with van der Waals surface area (Å²) in [5.41, 5.74) is 0. The second-order valence-electron chi connectivity index (χ2n) is 6.05. The number of nitrogens with zero attached hydrogens (tertiary/aromatic N) is 1. The van der Waals surface area contributed by atoms with Crippen molar-refractivity contribution in [2.75, 3.05) is 26.3 Å². The van der Waals surface area contributed by atoms with Gasteiger partial charge in [0.2, 0.25) is 0 Å². The summed E-state index contributed by atoms with van der Waals surface area (Å²) < 4.78 is 5.45. The fourth-order valence-electron chi connectivity index (χ4n) is 3.97. The summed E-state index contributed by atoms with van der Waals surface area (Å²) in [7, 11) is 0. The van der Waals surface area contributed by atoms with Crippen molar-refractivity contribution in [1.82, 2.24) is 10.2 Å². The first-order chi connectivity index (χ1) is 8.34. The maximum absolute atomic E-state index is 5.45. The molecule has 3 rings (SSSR count). The number of fused-ring (bicyclic) bond motifs is 1. The first-order valence-electron chi connectivity index (χ1n) is 7.42. The third kappa shape index (κ3) is 2.51. The zero-order valence-corrected chi connectivity index (χ0v) is 11.0. The van der Waals surface area contributed by atoms with Crippen molar-refractivity contribution in [1.29, 1.82) is 0 Å². The van der Waals surface area contributed by atoms with E-state index in [1.165, 1.54) is 45.2 Å². The lowest BCUT2D eigenvalue weighted by atomic mass is 9.91. The molecule has 0 radical (unpaired) electrons. The molecular formula is C14H26N2O. The standard InChI is InChI=1S/C14H26N2O/c1-11(12-5-9-17-10-6-12)15-13-4-8-16-7-2-3-14(13)16/h11-15H,2-10H2,1H3. The van der Waals surface area contributed by atoms with Gasteiger partial charge in [-0.05, 0) is 51.5 Å². The predicted molar refractivity (Wildman–Crippen MR) is 69.1 cm³/mol. The molecule has 98 valence electrons. The van der Waals surface area contributed by atoms with Crippen molar-refractivity contribution in [2.24, 2.45) is 5.92 Å². The highest BCUT2D eigenvalue weighted by Gasteiger charge is 2.38. The highest BCUT2D eigenvalue weighted by Crippen LogP contribution is 2.29. The third-order valence-electron chi connectivity index (χ3n) is 5.06. The van der Waals surface area contributed by atoms with E-state index in [9.17, 15) is 0 Å². The molecule has 3 aliphatic rings. The van der Waals surface area contributed by atoms with Crippen molar-refractivity contribution in [3.05, 3.63) is 0 Å². The Morgan fingerprint density at radius 1 is 1.12 bits per heavy atom. The molecule has 3 fully saturated rings. The Kier molecular flexibility index (Phi) is 3.69. The van der Waals surface area contributed by atoms with Crippen LogP contribution < -0.4 is 5.32 Å². The molecule has 0 aromatic carbocycles.